The zero-order valence-electron chi connectivity index (χ0n) is 14.3. The smallest absolute Gasteiger partial charge is 0.274 e. The van der Waals surface area contributed by atoms with Crippen molar-refractivity contribution in [3.8, 4) is 5.75 Å². The van der Waals surface area contributed by atoms with Crippen molar-refractivity contribution in [1.82, 2.24) is 5.01 Å². The highest BCUT2D eigenvalue weighted by molar-refractivity contribution is 6.03. The monoisotopic (exact) mass is 346 g/mol. The molecule has 0 aliphatic carbocycles. The Kier molecular flexibility index (Phi) is 4.27. The summed E-state index contributed by atoms with van der Waals surface area (Å²) < 4.78 is 10.8. The van der Waals surface area contributed by atoms with Gasteiger partial charge in [0, 0.05) is 12.0 Å². The normalized spacial score (nSPS) is 16.4. The molecule has 0 saturated carbocycles. The first-order chi connectivity index (χ1) is 12.8. The predicted octanol–water partition coefficient (Wildman–Crippen LogP) is 4.28. The van der Waals surface area contributed by atoms with E-state index in [0.717, 1.165) is 17.0 Å². The molecule has 1 aliphatic rings. The molecule has 0 unspecified atom stereocenters. The number of nitrogens with zero attached hydrogens (tertiary/aromatic N) is 2. The van der Waals surface area contributed by atoms with Crippen molar-refractivity contribution >= 4 is 11.6 Å². The molecule has 4 rings (SSSR count). The molecule has 0 fully saturated rings. The van der Waals surface area contributed by atoms with Gasteiger partial charge >= 0.3 is 0 Å². The molecule has 130 valence electrons. The summed E-state index contributed by atoms with van der Waals surface area (Å²) in [6.07, 6.45) is 2.19. The van der Waals surface area contributed by atoms with E-state index < -0.39 is 0 Å². The van der Waals surface area contributed by atoms with E-state index in [-0.39, 0.29) is 11.9 Å². The molecule has 0 radical (unpaired) electrons. The third-order valence-corrected chi connectivity index (χ3v) is 4.42. The maximum atomic E-state index is 13.1. The van der Waals surface area contributed by atoms with Crippen LogP contribution in [0.25, 0.3) is 0 Å². The van der Waals surface area contributed by atoms with Crippen LogP contribution in [0.4, 0.5) is 0 Å². The third kappa shape index (κ3) is 2.99. The van der Waals surface area contributed by atoms with Crippen molar-refractivity contribution in [2.24, 2.45) is 5.10 Å². The van der Waals surface area contributed by atoms with Gasteiger partial charge in [0.15, 0.2) is 0 Å². The average molecular weight is 346 g/mol. The molecule has 0 bridgehead atoms. The predicted molar refractivity (Wildman–Crippen MR) is 98.2 cm³/mol. The molecule has 2 heterocycles. The van der Waals surface area contributed by atoms with E-state index in [2.05, 4.69) is 5.10 Å². The van der Waals surface area contributed by atoms with Crippen LogP contribution in [0, 0.1) is 0 Å². The van der Waals surface area contributed by atoms with E-state index in [4.69, 9.17) is 9.15 Å². The van der Waals surface area contributed by atoms with Crippen LogP contribution < -0.4 is 4.74 Å². The molecule has 26 heavy (non-hydrogen) atoms. The van der Waals surface area contributed by atoms with Gasteiger partial charge in [0.2, 0.25) is 0 Å². The van der Waals surface area contributed by atoms with Crippen molar-refractivity contribution in [2.45, 2.75) is 12.5 Å². The standard InChI is InChI=1S/C21H18N2O3/c1-25-17-10-5-9-16(13-17)19-14-18(20-11-6-12-26-20)22-23(19)21(24)15-7-3-2-4-8-15/h2-13,19H,14H2,1H3/t19-/m0/s1. The lowest BCUT2D eigenvalue weighted by atomic mass is 10.00. The van der Waals surface area contributed by atoms with Crippen molar-refractivity contribution in [3.63, 3.8) is 0 Å². The van der Waals surface area contributed by atoms with Crippen LogP contribution in [-0.2, 0) is 0 Å². The SMILES string of the molecule is COc1cccc([C@@H]2CC(c3ccco3)=NN2C(=O)c2ccccc2)c1. The summed E-state index contributed by atoms with van der Waals surface area (Å²) in [5, 5.41) is 6.13. The van der Waals surface area contributed by atoms with Crippen LogP contribution in [0.5, 0.6) is 5.75 Å². The van der Waals surface area contributed by atoms with Crippen molar-refractivity contribution in [2.75, 3.05) is 7.11 Å². The van der Waals surface area contributed by atoms with Gasteiger partial charge in [-0.05, 0) is 42.0 Å². The zero-order valence-corrected chi connectivity index (χ0v) is 14.3. The molecule has 0 saturated heterocycles. The van der Waals surface area contributed by atoms with E-state index in [1.807, 2.05) is 54.6 Å². The first-order valence-corrected chi connectivity index (χ1v) is 8.40. The molecule has 1 aromatic heterocycles. The number of carbonyl (C=O) groups excluding carboxylic acids is 1. The van der Waals surface area contributed by atoms with E-state index in [9.17, 15) is 4.79 Å². The van der Waals surface area contributed by atoms with Gasteiger partial charge in [-0.15, -0.1) is 0 Å². The number of amides is 1. The van der Waals surface area contributed by atoms with E-state index in [1.54, 1.807) is 30.5 Å². The molecule has 5 nitrogen and oxygen atoms in total. The second-order valence-corrected chi connectivity index (χ2v) is 6.04. The summed E-state index contributed by atoms with van der Waals surface area (Å²) in [6.45, 7) is 0. The topological polar surface area (TPSA) is 55.0 Å². The van der Waals surface area contributed by atoms with Gasteiger partial charge in [0.1, 0.15) is 17.2 Å². The Bertz CT molecular complexity index is 933. The summed E-state index contributed by atoms with van der Waals surface area (Å²) in [5.74, 6) is 1.29. The Labute approximate surface area is 151 Å². The van der Waals surface area contributed by atoms with E-state index in [1.165, 1.54) is 0 Å². The van der Waals surface area contributed by atoms with Crippen LogP contribution >= 0.6 is 0 Å². The van der Waals surface area contributed by atoms with Gasteiger partial charge in [-0.25, -0.2) is 5.01 Å². The lowest BCUT2D eigenvalue weighted by Crippen LogP contribution is -2.27. The Morgan fingerprint density at radius 3 is 2.69 bits per heavy atom. The molecular weight excluding hydrogens is 328 g/mol. The molecule has 2 aromatic carbocycles. The number of hydrazone groups is 1. The van der Waals surface area contributed by atoms with Crippen LogP contribution in [-0.4, -0.2) is 23.7 Å². The number of hydrogen-bond donors (Lipinski definition) is 0. The highest BCUT2D eigenvalue weighted by Gasteiger charge is 2.34. The largest absolute Gasteiger partial charge is 0.497 e. The summed E-state index contributed by atoms with van der Waals surface area (Å²) in [4.78, 5) is 13.1. The first-order valence-electron chi connectivity index (χ1n) is 8.40. The molecular formula is C21H18N2O3. The second-order valence-electron chi connectivity index (χ2n) is 6.04. The molecule has 3 aromatic rings. The fraction of sp³-hybridized carbons (Fsp3) is 0.143. The minimum Gasteiger partial charge on any atom is -0.497 e. The van der Waals surface area contributed by atoms with Crippen LogP contribution in [0.2, 0.25) is 0 Å². The van der Waals surface area contributed by atoms with Gasteiger partial charge in [-0.1, -0.05) is 30.3 Å². The van der Waals surface area contributed by atoms with Crippen LogP contribution in [0.1, 0.15) is 34.1 Å². The Hall–Kier alpha value is -3.34. The van der Waals surface area contributed by atoms with Gasteiger partial charge in [0.25, 0.3) is 5.91 Å². The molecule has 5 heteroatoms. The minimum atomic E-state index is -0.210. The quantitative estimate of drug-likeness (QED) is 0.708. The summed E-state index contributed by atoms with van der Waals surface area (Å²) in [6, 6.07) is 20.4. The minimum absolute atomic E-state index is 0.139. The van der Waals surface area contributed by atoms with Crippen molar-refractivity contribution in [1.29, 1.82) is 0 Å². The molecule has 1 aliphatic heterocycles. The zero-order chi connectivity index (χ0) is 17.9. The molecule has 0 spiro atoms. The molecule has 1 atom stereocenters. The maximum absolute atomic E-state index is 13.1. The molecule has 1 amide bonds. The lowest BCUT2D eigenvalue weighted by Gasteiger charge is -2.22. The number of benzene rings is 2. The number of methoxy groups -OCH3 is 1. The molecule has 0 N–H and O–H groups in total. The number of hydrogen-bond acceptors (Lipinski definition) is 4. The number of rotatable bonds is 4. The van der Waals surface area contributed by atoms with Crippen LogP contribution in [0.3, 0.4) is 0 Å². The van der Waals surface area contributed by atoms with Gasteiger partial charge in [-0.2, -0.15) is 5.10 Å². The number of furan rings is 1. The number of carbonyl (C=O) groups is 1. The Balaban J connectivity index is 1.73. The van der Waals surface area contributed by atoms with Gasteiger partial charge in [-0.3, -0.25) is 4.79 Å². The Morgan fingerprint density at radius 2 is 1.96 bits per heavy atom. The van der Waals surface area contributed by atoms with E-state index in [0.29, 0.717) is 17.7 Å². The van der Waals surface area contributed by atoms with Gasteiger partial charge < -0.3 is 9.15 Å². The van der Waals surface area contributed by atoms with Crippen molar-refractivity contribution < 1.29 is 13.9 Å². The first kappa shape index (κ1) is 16.1. The van der Waals surface area contributed by atoms with E-state index >= 15 is 0 Å². The van der Waals surface area contributed by atoms with Crippen molar-refractivity contribution in [3.05, 3.63) is 89.9 Å². The summed E-state index contributed by atoms with van der Waals surface area (Å²) in [7, 11) is 1.63. The van der Waals surface area contributed by atoms with Crippen LogP contribution in [0.15, 0.2) is 82.5 Å². The maximum Gasteiger partial charge on any atom is 0.274 e. The van der Waals surface area contributed by atoms with Gasteiger partial charge in [0.05, 0.1) is 19.4 Å². The second kappa shape index (κ2) is 6.88. The summed E-state index contributed by atoms with van der Waals surface area (Å²) in [5.41, 5.74) is 2.33. The number of ether oxygens (including phenoxy) is 1. The summed E-state index contributed by atoms with van der Waals surface area (Å²) >= 11 is 0. The highest BCUT2D eigenvalue weighted by atomic mass is 16.5. The Morgan fingerprint density at radius 1 is 1.12 bits per heavy atom. The highest BCUT2D eigenvalue weighted by Crippen LogP contribution is 2.35. The lowest BCUT2D eigenvalue weighted by molar-refractivity contribution is 0.0711. The average Bonchev–Trinajstić information content (AvgIpc) is 3.38. The third-order valence-electron chi connectivity index (χ3n) is 4.42. The fourth-order valence-electron chi connectivity index (χ4n) is 3.11. The fourth-order valence-corrected chi connectivity index (χ4v) is 3.11.